The highest BCUT2D eigenvalue weighted by atomic mass is 14.9. The Morgan fingerprint density at radius 1 is 0.246 bits per heavy atom. The van der Waals surface area contributed by atoms with Gasteiger partial charge in [0.25, 0.3) is 0 Å². The van der Waals surface area contributed by atoms with Gasteiger partial charge in [-0.3, -0.25) is 0 Å². The number of benzene rings is 8. The molecular weight excluding hydrogens is 739 g/mol. The fourth-order valence-electron chi connectivity index (χ4n) is 9.16. The van der Waals surface area contributed by atoms with Crippen LogP contribution in [0.2, 0.25) is 0 Å². The molecule has 0 amide bonds. The largest absolute Gasteiger partial charge is 0.248 e. The molecule has 2 aromatic heterocycles. The summed E-state index contributed by atoms with van der Waals surface area (Å²) in [5.41, 5.74) is 18.2. The lowest BCUT2D eigenvalue weighted by atomic mass is 9.67. The third kappa shape index (κ3) is 6.44. The predicted molar refractivity (Wildman–Crippen MR) is 250 cm³/mol. The topological polar surface area (TPSA) is 38.7 Å². The fraction of sp³-hybridized carbons (Fsp3) is 0.0172. The molecule has 0 unspecified atom stereocenters. The number of nitrogens with zero attached hydrogens (tertiary/aromatic N) is 3. The summed E-state index contributed by atoms with van der Waals surface area (Å²) in [4.78, 5) is 15.3. The summed E-state index contributed by atoms with van der Waals surface area (Å²) in [5.74, 6) is 0.695. The van der Waals surface area contributed by atoms with E-state index in [1.807, 2.05) is 36.4 Å². The molecule has 11 rings (SSSR count). The molecular formula is C58H39N3. The summed E-state index contributed by atoms with van der Waals surface area (Å²) >= 11 is 0. The first-order valence-corrected chi connectivity index (χ1v) is 20.8. The Kier molecular flexibility index (Phi) is 9.05. The van der Waals surface area contributed by atoms with Gasteiger partial charge in [0.15, 0.2) is 5.82 Å². The first kappa shape index (κ1) is 36.1. The number of aromatic nitrogens is 3. The lowest BCUT2D eigenvalue weighted by molar-refractivity contribution is 0.769. The van der Waals surface area contributed by atoms with Gasteiger partial charge in [-0.1, -0.05) is 200 Å². The molecule has 0 saturated heterocycles. The minimum atomic E-state index is -0.454. The molecule has 2 heterocycles. The third-order valence-electron chi connectivity index (χ3n) is 12.0. The van der Waals surface area contributed by atoms with E-state index in [1.165, 1.54) is 33.4 Å². The van der Waals surface area contributed by atoms with Crippen LogP contribution < -0.4 is 0 Å². The Morgan fingerprint density at radius 2 is 0.656 bits per heavy atom. The average molecular weight is 778 g/mol. The predicted octanol–water partition coefficient (Wildman–Crippen LogP) is 14.2. The Bertz CT molecular complexity index is 3090. The first-order valence-electron chi connectivity index (χ1n) is 20.8. The Morgan fingerprint density at radius 3 is 1.28 bits per heavy atom. The second-order valence-electron chi connectivity index (χ2n) is 15.6. The summed E-state index contributed by atoms with van der Waals surface area (Å²) in [6, 6.07) is 84.0. The van der Waals surface area contributed by atoms with Crippen molar-refractivity contribution in [2.45, 2.75) is 5.41 Å². The molecule has 0 fully saturated rings. The van der Waals surface area contributed by atoms with Crippen LogP contribution in [0.4, 0.5) is 0 Å². The van der Waals surface area contributed by atoms with E-state index < -0.39 is 5.41 Å². The van der Waals surface area contributed by atoms with Crippen LogP contribution in [0.1, 0.15) is 22.3 Å². The molecule has 8 aromatic carbocycles. The standard InChI is InChI=1S/C58H39N3/c1-4-18-40(19-5-1)55-39-56(61-57(60-55)41-20-6-2-7-21-41)46-26-15-25-45(37-46)54-35-17-34-53(59-54)44-24-14-22-42(36-44)43-23-16-29-48(38-43)58(47-27-8-3-9-28-47)51-32-12-10-30-49(51)50-31-11-13-33-52(50)58/h1-39H. The normalized spacial score (nSPS) is 12.4. The number of rotatable bonds is 8. The van der Waals surface area contributed by atoms with E-state index in [0.29, 0.717) is 5.82 Å². The summed E-state index contributed by atoms with van der Waals surface area (Å²) < 4.78 is 0. The summed E-state index contributed by atoms with van der Waals surface area (Å²) in [7, 11) is 0. The molecule has 0 N–H and O–H groups in total. The molecule has 61 heavy (non-hydrogen) atoms. The average Bonchev–Trinajstić information content (AvgIpc) is 3.66. The van der Waals surface area contributed by atoms with Crippen LogP contribution in [0.25, 0.3) is 78.7 Å². The van der Waals surface area contributed by atoms with Gasteiger partial charge in [0.05, 0.1) is 28.2 Å². The van der Waals surface area contributed by atoms with E-state index in [2.05, 4.69) is 200 Å². The Hall–Kier alpha value is -8.01. The zero-order valence-electron chi connectivity index (χ0n) is 33.4. The molecule has 3 heteroatoms. The summed E-state index contributed by atoms with van der Waals surface area (Å²) in [6.07, 6.45) is 0. The second-order valence-corrected chi connectivity index (χ2v) is 15.6. The lowest BCUT2D eigenvalue weighted by Crippen LogP contribution is -2.28. The maximum Gasteiger partial charge on any atom is 0.160 e. The number of hydrogen-bond acceptors (Lipinski definition) is 3. The Labute approximate surface area is 356 Å². The molecule has 0 radical (unpaired) electrons. The van der Waals surface area contributed by atoms with Crippen molar-refractivity contribution in [1.82, 2.24) is 15.0 Å². The van der Waals surface area contributed by atoms with E-state index >= 15 is 0 Å². The van der Waals surface area contributed by atoms with Crippen molar-refractivity contribution in [2.24, 2.45) is 0 Å². The van der Waals surface area contributed by atoms with Crippen molar-refractivity contribution < 1.29 is 0 Å². The zero-order valence-corrected chi connectivity index (χ0v) is 33.4. The van der Waals surface area contributed by atoms with Gasteiger partial charge in [-0.25, -0.2) is 15.0 Å². The van der Waals surface area contributed by atoms with E-state index in [1.54, 1.807) is 0 Å². The smallest absolute Gasteiger partial charge is 0.160 e. The van der Waals surface area contributed by atoms with Crippen LogP contribution in [-0.2, 0) is 5.41 Å². The van der Waals surface area contributed by atoms with E-state index in [-0.39, 0.29) is 0 Å². The maximum absolute atomic E-state index is 5.26. The maximum atomic E-state index is 5.26. The number of fused-ring (bicyclic) bond motifs is 3. The number of hydrogen-bond donors (Lipinski definition) is 0. The lowest BCUT2D eigenvalue weighted by Gasteiger charge is -2.34. The quantitative estimate of drug-likeness (QED) is 0.154. The highest BCUT2D eigenvalue weighted by Gasteiger charge is 2.45. The van der Waals surface area contributed by atoms with E-state index in [9.17, 15) is 0 Å². The van der Waals surface area contributed by atoms with Crippen molar-refractivity contribution in [3.63, 3.8) is 0 Å². The van der Waals surface area contributed by atoms with Crippen molar-refractivity contribution in [3.05, 3.63) is 259 Å². The first-order chi connectivity index (χ1) is 30.2. The highest BCUT2D eigenvalue weighted by Crippen LogP contribution is 2.56. The van der Waals surface area contributed by atoms with Gasteiger partial charge < -0.3 is 0 Å². The molecule has 0 atom stereocenters. The van der Waals surface area contributed by atoms with Gasteiger partial charge >= 0.3 is 0 Å². The molecule has 1 aliphatic rings. The van der Waals surface area contributed by atoms with E-state index in [4.69, 9.17) is 15.0 Å². The van der Waals surface area contributed by atoms with Gasteiger partial charge in [0.1, 0.15) is 0 Å². The van der Waals surface area contributed by atoms with Crippen molar-refractivity contribution in [3.8, 4) is 78.7 Å². The van der Waals surface area contributed by atoms with Crippen LogP contribution in [-0.4, -0.2) is 15.0 Å². The molecule has 0 saturated carbocycles. The molecule has 1 aliphatic carbocycles. The van der Waals surface area contributed by atoms with Gasteiger partial charge in [0, 0.05) is 27.8 Å². The molecule has 286 valence electrons. The fourth-order valence-corrected chi connectivity index (χ4v) is 9.16. The third-order valence-corrected chi connectivity index (χ3v) is 12.0. The van der Waals surface area contributed by atoms with Gasteiger partial charge in [-0.15, -0.1) is 0 Å². The van der Waals surface area contributed by atoms with Crippen LogP contribution in [0, 0.1) is 0 Å². The van der Waals surface area contributed by atoms with Gasteiger partial charge in [-0.2, -0.15) is 0 Å². The summed E-state index contributed by atoms with van der Waals surface area (Å²) in [6.45, 7) is 0. The minimum absolute atomic E-state index is 0.454. The SMILES string of the molecule is c1ccc(-c2cc(-c3cccc(-c4cccc(-c5cccc(-c6cccc(C7(c8ccccc8)c8ccccc8-c8ccccc87)c6)c5)n4)c3)nc(-c3ccccc3)n2)cc1. The monoisotopic (exact) mass is 777 g/mol. The van der Waals surface area contributed by atoms with Crippen molar-refractivity contribution in [2.75, 3.05) is 0 Å². The minimum Gasteiger partial charge on any atom is -0.248 e. The second kappa shape index (κ2) is 15.3. The van der Waals surface area contributed by atoms with Crippen molar-refractivity contribution in [1.29, 1.82) is 0 Å². The molecule has 0 aliphatic heterocycles. The highest BCUT2D eigenvalue weighted by molar-refractivity contribution is 5.87. The molecule has 0 bridgehead atoms. The van der Waals surface area contributed by atoms with Crippen LogP contribution >= 0.6 is 0 Å². The van der Waals surface area contributed by atoms with E-state index in [0.717, 1.165) is 61.7 Å². The van der Waals surface area contributed by atoms with Gasteiger partial charge in [0.2, 0.25) is 0 Å². The number of pyridine rings is 1. The van der Waals surface area contributed by atoms with Crippen LogP contribution in [0.5, 0.6) is 0 Å². The molecule has 10 aromatic rings. The van der Waals surface area contributed by atoms with Gasteiger partial charge in [-0.05, 0) is 80.9 Å². The summed E-state index contributed by atoms with van der Waals surface area (Å²) in [5, 5.41) is 0. The van der Waals surface area contributed by atoms with Crippen LogP contribution in [0.15, 0.2) is 237 Å². The zero-order chi connectivity index (χ0) is 40.6. The Balaban J connectivity index is 0.961. The molecule has 3 nitrogen and oxygen atoms in total. The van der Waals surface area contributed by atoms with Crippen LogP contribution in [0.3, 0.4) is 0 Å². The molecule has 0 spiro atoms. The van der Waals surface area contributed by atoms with Crippen molar-refractivity contribution >= 4 is 0 Å².